The van der Waals surface area contributed by atoms with Gasteiger partial charge in [-0.05, 0) is 86.8 Å². The van der Waals surface area contributed by atoms with Crippen molar-refractivity contribution in [2.75, 3.05) is 31.1 Å². The molecule has 2 aromatic carbocycles. The molecule has 6 rings (SSSR count). The first-order valence-electron chi connectivity index (χ1n) is 14.8. The van der Waals surface area contributed by atoms with Gasteiger partial charge in [-0.25, -0.2) is 4.98 Å². The van der Waals surface area contributed by atoms with Gasteiger partial charge in [-0.3, -0.25) is 9.59 Å². The largest absolute Gasteiger partial charge is 0.488 e. The van der Waals surface area contributed by atoms with Crippen LogP contribution in [0.3, 0.4) is 0 Å². The van der Waals surface area contributed by atoms with E-state index in [1.54, 1.807) is 11.3 Å². The minimum absolute atomic E-state index is 0.0160. The van der Waals surface area contributed by atoms with Crippen molar-refractivity contribution in [3.05, 3.63) is 64.0 Å². The van der Waals surface area contributed by atoms with Crippen LogP contribution in [0.25, 0.3) is 11.3 Å². The van der Waals surface area contributed by atoms with Crippen molar-refractivity contribution >= 4 is 28.3 Å². The number of hydrogen-bond donors (Lipinski definition) is 1. The maximum atomic E-state index is 13.0. The maximum absolute atomic E-state index is 13.0. The number of piperidine rings is 2. The number of carboxylic acid groups (broad SMARTS) is 1. The van der Waals surface area contributed by atoms with E-state index in [9.17, 15) is 14.7 Å². The van der Waals surface area contributed by atoms with Crippen LogP contribution in [0.15, 0.2) is 41.8 Å². The Hall–Kier alpha value is -3.90. The smallest absolute Gasteiger partial charge is 0.307 e. The highest BCUT2D eigenvalue weighted by Gasteiger charge is 2.46. The fourth-order valence-electron chi connectivity index (χ4n) is 6.83. The van der Waals surface area contributed by atoms with Crippen molar-refractivity contribution in [3.8, 4) is 23.1 Å². The van der Waals surface area contributed by atoms with E-state index in [1.807, 2.05) is 42.2 Å². The molecule has 42 heavy (non-hydrogen) atoms. The third kappa shape index (κ3) is 5.60. The first kappa shape index (κ1) is 28.2. The molecule has 218 valence electrons. The summed E-state index contributed by atoms with van der Waals surface area (Å²) in [4.78, 5) is 33.9. The number of aliphatic carboxylic acids is 1. The molecule has 1 saturated carbocycles. The fraction of sp³-hybridized carbons (Fsp3) is 0.455. The zero-order valence-electron chi connectivity index (χ0n) is 24.1. The Kier molecular flexibility index (Phi) is 7.91. The minimum atomic E-state index is -0.656. The number of carboxylic acids is 1. The van der Waals surface area contributed by atoms with E-state index >= 15 is 0 Å². The highest BCUT2D eigenvalue weighted by atomic mass is 32.1. The van der Waals surface area contributed by atoms with Gasteiger partial charge in [0.25, 0.3) is 5.91 Å². The van der Waals surface area contributed by atoms with Gasteiger partial charge in [-0.15, -0.1) is 11.3 Å². The molecule has 2 aliphatic heterocycles. The Labute approximate surface area is 250 Å². The van der Waals surface area contributed by atoms with Gasteiger partial charge in [0, 0.05) is 48.6 Å². The summed E-state index contributed by atoms with van der Waals surface area (Å²) in [5.41, 5.74) is 5.59. The van der Waals surface area contributed by atoms with Crippen molar-refractivity contribution in [2.45, 2.75) is 46.1 Å². The standard InChI is InChI=1S/C33H36N4O4S/c1-20-3-8-29(41-18-26-7-4-23(14-21(26)2)31(38)36-11-9-22(15-34)10-12-36)27(13-20)28-19-42-33(35-28)37-16-24-5-6-25(17-37)30(24)32(39)40/h3-4,7-8,13-14,19,22,24-25,30H,5-6,9-12,16-18H2,1-2H3,(H,39,40)/t24-,25?,30?/m0/s1. The number of aromatic nitrogens is 1. The summed E-state index contributed by atoms with van der Waals surface area (Å²) < 4.78 is 6.35. The molecule has 3 aromatic rings. The molecule has 1 amide bonds. The molecule has 8 nitrogen and oxygen atoms in total. The van der Waals surface area contributed by atoms with Crippen LogP contribution in [0.2, 0.25) is 0 Å². The molecule has 0 radical (unpaired) electrons. The lowest BCUT2D eigenvalue weighted by molar-refractivity contribution is -0.144. The van der Waals surface area contributed by atoms with Crippen LogP contribution in [0.5, 0.6) is 5.75 Å². The van der Waals surface area contributed by atoms with Gasteiger partial charge < -0.3 is 19.6 Å². The van der Waals surface area contributed by atoms with Gasteiger partial charge in [0.05, 0.1) is 17.7 Å². The molecular weight excluding hydrogens is 548 g/mol. The summed E-state index contributed by atoms with van der Waals surface area (Å²) in [6, 6.07) is 14.2. The van der Waals surface area contributed by atoms with Crippen LogP contribution in [0, 0.1) is 48.9 Å². The third-order valence-corrected chi connectivity index (χ3v) is 10.1. The van der Waals surface area contributed by atoms with Gasteiger partial charge in [0.1, 0.15) is 12.4 Å². The number of thiazole rings is 1. The summed E-state index contributed by atoms with van der Waals surface area (Å²) in [6.07, 6.45) is 3.41. The van der Waals surface area contributed by atoms with Crippen molar-refractivity contribution in [2.24, 2.45) is 23.7 Å². The van der Waals surface area contributed by atoms with E-state index in [1.165, 1.54) is 0 Å². The zero-order chi connectivity index (χ0) is 29.4. The van der Waals surface area contributed by atoms with Gasteiger partial charge in [-0.1, -0.05) is 17.7 Å². The molecular formula is C33H36N4O4S. The molecule has 1 N–H and O–H groups in total. The molecule has 9 heteroatoms. The average molecular weight is 585 g/mol. The number of likely N-dealkylation sites (tertiary alicyclic amines) is 1. The first-order valence-corrected chi connectivity index (χ1v) is 15.6. The lowest BCUT2D eigenvalue weighted by atomic mass is 9.85. The van der Waals surface area contributed by atoms with E-state index < -0.39 is 5.97 Å². The van der Waals surface area contributed by atoms with Crippen LogP contribution in [-0.4, -0.2) is 53.0 Å². The highest BCUT2D eigenvalue weighted by Crippen LogP contribution is 2.44. The number of nitrogens with zero attached hydrogens (tertiary/aromatic N) is 4. The number of rotatable bonds is 7. The number of carbonyl (C=O) groups is 2. The Morgan fingerprint density at radius 3 is 2.48 bits per heavy atom. The molecule has 3 heterocycles. The lowest BCUT2D eigenvalue weighted by Crippen LogP contribution is -2.44. The summed E-state index contributed by atoms with van der Waals surface area (Å²) in [7, 11) is 0. The Morgan fingerprint density at radius 1 is 1.07 bits per heavy atom. The van der Waals surface area contributed by atoms with Gasteiger partial charge in [-0.2, -0.15) is 5.26 Å². The lowest BCUT2D eigenvalue weighted by Gasteiger charge is -2.35. The molecule has 1 aromatic heterocycles. The van der Waals surface area contributed by atoms with Crippen LogP contribution >= 0.6 is 11.3 Å². The van der Waals surface area contributed by atoms with E-state index in [4.69, 9.17) is 15.0 Å². The monoisotopic (exact) mass is 584 g/mol. The quantitative estimate of drug-likeness (QED) is 0.367. The number of amides is 1. The molecule has 2 bridgehead atoms. The van der Waals surface area contributed by atoms with Crippen LogP contribution in [0.1, 0.15) is 52.7 Å². The number of fused-ring (bicyclic) bond motifs is 2. The molecule has 3 atom stereocenters. The Bertz CT molecular complexity index is 1520. The topological polar surface area (TPSA) is 107 Å². The van der Waals surface area contributed by atoms with Crippen molar-refractivity contribution < 1.29 is 19.4 Å². The predicted octanol–water partition coefficient (Wildman–Crippen LogP) is 5.93. The Balaban J connectivity index is 1.14. The van der Waals surface area contributed by atoms with Crippen LogP contribution in [0.4, 0.5) is 5.13 Å². The van der Waals surface area contributed by atoms with Crippen LogP contribution in [-0.2, 0) is 11.4 Å². The van der Waals surface area contributed by atoms with Crippen LogP contribution < -0.4 is 9.64 Å². The van der Waals surface area contributed by atoms with Gasteiger partial charge in [0.15, 0.2) is 5.13 Å². The number of ether oxygens (including phenoxy) is 1. The summed E-state index contributed by atoms with van der Waals surface area (Å²) in [6.45, 7) is 7.15. The molecule has 0 spiro atoms. The summed E-state index contributed by atoms with van der Waals surface area (Å²) in [5.74, 6) is 0.305. The number of aryl methyl sites for hydroxylation is 2. The summed E-state index contributed by atoms with van der Waals surface area (Å²) >= 11 is 1.60. The number of hydrogen-bond acceptors (Lipinski definition) is 7. The van der Waals surface area contributed by atoms with Crippen molar-refractivity contribution in [1.82, 2.24) is 9.88 Å². The predicted molar refractivity (Wildman–Crippen MR) is 162 cm³/mol. The van der Waals surface area contributed by atoms with Crippen molar-refractivity contribution in [1.29, 1.82) is 5.26 Å². The Morgan fingerprint density at radius 2 is 1.81 bits per heavy atom. The average Bonchev–Trinajstić information content (AvgIpc) is 3.59. The second-order valence-corrected chi connectivity index (χ2v) is 12.8. The number of nitriles is 1. The minimum Gasteiger partial charge on any atom is -0.488 e. The van der Waals surface area contributed by atoms with E-state index in [2.05, 4.69) is 29.3 Å². The van der Waals surface area contributed by atoms with Gasteiger partial charge >= 0.3 is 5.97 Å². The molecule has 1 aliphatic carbocycles. The third-order valence-electron chi connectivity index (χ3n) is 9.23. The molecule has 3 fully saturated rings. The number of benzene rings is 2. The first-order chi connectivity index (χ1) is 20.3. The highest BCUT2D eigenvalue weighted by molar-refractivity contribution is 7.14. The molecule has 2 saturated heterocycles. The number of carbonyl (C=O) groups excluding carboxylic acids is 1. The van der Waals surface area contributed by atoms with E-state index in [-0.39, 0.29) is 29.6 Å². The summed E-state index contributed by atoms with van der Waals surface area (Å²) in [5, 5.41) is 21.8. The fourth-order valence-corrected chi connectivity index (χ4v) is 7.67. The van der Waals surface area contributed by atoms with Crippen molar-refractivity contribution in [3.63, 3.8) is 0 Å². The number of anilines is 1. The van der Waals surface area contributed by atoms with E-state index in [0.717, 1.165) is 77.6 Å². The zero-order valence-corrected chi connectivity index (χ0v) is 24.9. The second-order valence-electron chi connectivity index (χ2n) is 12.0. The second kappa shape index (κ2) is 11.8. The SMILES string of the molecule is Cc1ccc(OCc2ccc(C(=O)N3CCC(C#N)CC3)cc2C)c(-c2csc(N3CC4CC[C@@H](C3)C4C(=O)O)n2)c1. The molecule has 3 aliphatic rings. The maximum Gasteiger partial charge on any atom is 0.307 e. The van der Waals surface area contributed by atoms with E-state index in [0.29, 0.717) is 25.3 Å². The normalized spacial score (nSPS) is 22.2. The molecule has 2 unspecified atom stereocenters. The van der Waals surface area contributed by atoms with Gasteiger partial charge in [0.2, 0.25) is 0 Å².